The maximum Gasteiger partial charge on any atom is 0.329 e. The fourth-order valence-electron chi connectivity index (χ4n) is 4.60. The first-order valence-electron chi connectivity index (χ1n) is 10.9. The lowest BCUT2D eigenvalue weighted by Crippen LogP contribution is -2.42. The first kappa shape index (κ1) is 23.1. The Balaban J connectivity index is 1.47. The fourth-order valence-corrected chi connectivity index (χ4v) is 5.66. The number of nitrogens with one attached hydrogen (secondary N) is 5. The van der Waals surface area contributed by atoms with Gasteiger partial charge in [-0.3, -0.25) is 4.72 Å². The first-order valence-corrected chi connectivity index (χ1v) is 12.5. The van der Waals surface area contributed by atoms with Gasteiger partial charge in [0, 0.05) is 18.4 Å². The van der Waals surface area contributed by atoms with Crippen molar-refractivity contribution in [2.24, 2.45) is 0 Å². The highest BCUT2D eigenvalue weighted by Gasteiger charge is 2.27. The number of carbonyl (C=O) groups is 1. The molecule has 1 fully saturated rings. The van der Waals surface area contributed by atoms with E-state index in [-0.39, 0.29) is 29.8 Å². The van der Waals surface area contributed by atoms with Gasteiger partial charge >= 0.3 is 5.97 Å². The van der Waals surface area contributed by atoms with Crippen LogP contribution in [0.3, 0.4) is 0 Å². The molecule has 0 spiro atoms. The van der Waals surface area contributed by atoms with Crippen LogP contribution in [-0.4, -0.2) is 47.4 Å². The van der Waals surface area contributed by atoms with Crippen LogP contribution in [-0.2, 0) is 49.9 Å². The minimum absolute atomic E-state index is 0.0178. The van der Waals surface area contributed by atoms with Gasteiger partial charge in [-0.25, -0.2) is 13.8 Å². The van der Waals surface area contributed by atoms with Gasteiger partial charge in [-0.2, -0.15) is 0 Å². The molecule has 1 heterocycles. The van der Waals surface area contributed by atoms with Crippen LogP contribution >= 0.6 is 0 Å². The summed E-state index contributed by atoms with van der Waals surface area (Å²) in [4.78, 5) is 10.5. The van der Waals surface area contributed by atoms with E-state index in [9.17, 15) is 9.00 Å². The zero-order valence-corrected chi connectivity index (χ0v) is 19.1. The van der Waals surface area contributed by atoms with Crippen LogP contribution in [0.25, 0.3) is 0 Å². The number of allylic oxidation sites excluding steroid dienone is 1. The molecule has 2 atom stereocenters. The van der Waals surface area contributed by atoms with Gasteiger partial charge in [0.1, 0.15) is 30.0 Å². The Kier molecular flexibility index (Phi) is 6.61. The van der Waals surface area contributed by atoms with Crippen molar-refractivity contribution in [3.63, 3.8) is 0 Å². The molecule has 4 rings (SSSR count). The van der Waals surface area contributed by atoms with Gasteiger partial charge < -0.3 is 30.6 Å². The molecule has 0 saturated carbocycles. The molecule has 0 amide bonds. The third kappa shape index (κ3) is 4.98. The molecular formula is C22H29N5O5S. The molecule has 0 radical (unpaired) electrons. The third-order valence-corrected chi connectivity index (χ3v) is 7.48. The smallest absolute Gasteiger partial charge is 0.329 e. The molecule has 1 saturated heterocycles. The standard InChI is InChI=1S/C22H29N5O5S/c1-13(26-21-17-6-2-4-14(17)8-15-5-3-7-18(15)21)27-33(24,30)19(9-23)22-25-10-16(11-32-22)31-12-20(28)29/h8-9,16,23,25-26H,1-7,10-12H2,(H,28,29)(H2,24,27,30)/b22-19-,23-9?. The predicted molar refractivity (Wildman–Crippen MR) is 124 cm³/mol. The fraction of sp³-hybridized carbons (Fsp3) is 0.455. The van der Waals surface area contributed by atoms with Crippen LogP contribution in [0.4, 0.5) is 5.69 Å². The Hall–Kier alpha value is -3.05. The number of aryl methyl sites for hydroxylation is 2. The zero-order chi connectivity index (χ0) is 23.6. The summed E-state index contributed by atoms with van der Waals surface area (Å²) in [6.45, 7) is 3.71. The molecule has 178 valence electrons. The lowest BCUT2D eigenvalue weighted by Gasteiger charge is -2.28. The van der Waals surface area contributed by atoms with Crippen molar-refractivity contribution < 1.29 is 23.6 Å². The van der Waals surface area contributed by atoms with Gasteiger partial charge in [-0.15, -0.1) is 0 Å². The molecule has 33 heavy (non-hydrogen) atoms. The number of hydrogen-bond donors (Lipinski definition) is 6. The topological polar surface area (TPSA) is 157 Å². The summed E-state index contributed by atoms with van der Waals surface area (Å²) in [6.07, 6.45) is 6.57. The highest BCUT2D eigenvalue weighted by molar-refractivity contribution is 7.95. The van der Waals surface area contributed by atoms with Crippen molar-refractivity contribution in [2.75, 3.05) is 25.1 Å². The number of hydrogen-bond acceptors (Lipinski definition) is 8. The molecule has 1 aliphatic heterocycles. The van der Waals surface area contributed by atoms with E-state index < -0.39 is 28.6 Å². The second-order valence-corrected chi connectivity index (χ2v) is 10.1. The van der Waals surface area contributed by atoms with Crippen molar-refractivity contribution in [3.05, 3.63) is 51.5 Å². The van der Waals surface area contributed by atoms with E-state index in [0.29, 0.717) is 0 Å². The van der Waals surface area contributed by atoms with Gasteiger partial charge in [0.2, 0.25) is 5.88 Å². The van der Waals surface area contributed by atoms with Crippen molar-refractivity contribution in [3.8, 4) is 0 Å². The Morgan fingerprint density at radius 1 is 1.30 bits per heavy atom. The molecule has 0 bridgehead atoms. The third-order valence-electron chi connectivity index (χ3n) is 6.03. The molecule has 2 aliphatic carbocycles. The van der Waals surface area contributed by atoms with E-state index in [0.717, 1.165) is 50.4 Å². The Morgan fingerprint density at radius 3 is 2.52 bits per heavy atom. The van der Waals surface area contributed by atoms with Crippen molar-refractivity contribution in [1.82, 2.24) is 10.0 Å². The monoisotopic (exact) mass is 475 g/mol. The van der Waals surface area contributed by atoms with Gasteiger partial charge in [-0.05, 0) is 60.8 Å². The van der Waals surface area contributed by atoms with Gasteiger partial charge in [0.15, 0.2) is 9.92 Å². The molecule has 2 unspecified atom stereocenters. The normalized spacial score (nSPS) is 22.1. The zero-order valence-electron chi connectivity index (χ0n) is 18.3. The molecule has 10 nitrogen and oxygen atoms in total. The lowest BCUT2D eigenvalue weighted by atomic mass is 9.99. The molecule has 3 aliphatic rings. The van der Waals surface area contributed by atoms with E-state index >= 15 is 0 Å². The molecule has 6 N–H and O–H groups in total. The summed E-state index contributed by atoms with van der Waals surface area (Å²) in [5, 5.41) is 22.5. The second-order valence-electron chi connectivity index (χ2n) is 8.35. The van der Waals surface area contributed by atoms with Crippen LogP contribution in [0.15, 0.2) is 29.3 Å². The Labute approximate surface area is 193 Å². The van der Waals surface area contributed by atoms with Crippen LogP contribution in [0.5, 0.6) is 0 Å². The number of ether oxygens (including phenoxy) is 2. The molecule has 0 aromatic heterocycles. The number of carboxylic acids is 1. The Bertz CT molecular complexity index is 1090. The van der Waals surface area contributed by atoms with E-state index in [1.54, 1.807) is 0 Å². The van der Waals surface area contributed by atoms with Crippen LogP contribution in [0.1, 0.15) is 35.1 Å². The summed E-state index contributed by atoms with van der Waals surface area (Å²) in [6, 6.07) is 2.32. The van der Waals surface area contributed by atoms with E-state index in [4.69, 9.17) is 24.8 Å². The van der Waals surface area contributed by atoms with Crippen molar-refractivity contribution >= 4 is 27.8 Å². The van der Waals surface area contributed by atoms with Gasteiger partial charge in [-0.1, -0.05) is 12.6 Å². The average molecular weight is 476 g/mol. The molecule has 11 heteroatoms. The van der Waals surface area contributed by atoms with Gasteiger partial charge in [0.05, 0.1) is 0 Å². The van der Waals surface area contributed by atoms with Crippen molar-refractivity contribution in [1.29, 1.82) is 10.2 Å². The summed E-state index contributed by atoms with van der Waals surface area (Å²) < 4.78 is 34.9. The van der Waals surface area contributed by atoms with E-state index in [2.05, 4.69) is 28.0 Å². The number of fused-ring (bicyclic) bond motifs is 2. The number of carboxylic acid groups (broad SMARTS) is 1. The summed E-state index contributed by atoms with van der Waals surface area (Å²) in [5.41, 5.74) is 6.24. The van der Waals surface area contributed by atoms with Gasteiger partial charge in [0.25, 0.3) is 0 Å². The lowest BCUT2D eigenvalue weighted by molar-refractivity contribution is -0.146. The van der Waals surface area contributed by atoms with Crippen molar-refractivity contribution in [2.45, 2.75) is 44.6 Å². The van der Waals surface area contributed by atoms with E-state index in [1.807, 2.05) is 0 Å². The number of anilines is 1. The number of rotatable bonds is 9. The maximum atomic E-state index is 13.2. The van der Waals surface area contributed by atoms with E-state index in [1.165, 1.54) is 22.3 Å². The summed E-state index contributed by atoms with van der Waals surface area (Å²) in [7, 11) is -3.66. The summed E-state index contributed by atoms with van der Waals surface area (Å²) in [5.74, 6) is -0.833. The molecular weight excluding hydrogens is 446 g/mol. The number of aliphatic carboxylic acids is 1. The first-order chi connectivity index (χ1) is 15.8. The van der Waals surface area contributed by atoms with Crippen LogP contribution < -0.4 is 15.4 Å². The maximum absolute atomic E-state index is 13.2. The largest absolute Gasteiger partial charge is 0.480 e. The Morgan fingerprint density at radius 2 is 1.97 bits per heavy atom. The number of benzene rings is 1. The minimum atomic E-state index is -3.66. The molecule has 1 aromatic carbocycles. The van der Waals surface area contributed by atoms with Crippen LogP contribution in [0, 0.1) is 10.2 Å². The summed E-state index contributed by atoms with van der Waals surface area (Å²) >= 11 is 0. The highest BCUT2D eigenvalue weighted by Crippen LogP contribution is 2.39. The predicted octanol–water partition coefficient (Wildman–Crippen LogP) is 2.01. The second kappa shape index (κ2) is 9.44. The average Bonchev–Trinajstić information content (AvgIpc) is 3.42. The quantitative estimate of drug-likeness (QED) is 0.298. The minimum Gasteiger partial charge on any atom is -0.480 e. The SMILES string of the molecule is C=C(Nc1c2c(cc3c1CCC3)CCC2)NS(=N)(=O)/C(C=N)=C1/NCC(OCC(=O)O)CO1. The molecule has 1 aromatic rings. The highest BCUT2D eigenvalue weighted by atomic mass is 32.2. The van der Waals surface area contributed by atoms with Crippen LogP contribution in [0.2, 0.25) is 0 Å².